The van der Waals surface area contributed by atoms with Gasteiger partial charge in [0.15, 0.2) is 0 Å². The van der Waals surface area contributed by atoms with Crippen molar-refractivity contribution in [2.45, 2.75) is 12.6 Å². The second kappa shape index (κ2) is 9.41. The highest BCUT2D eigenvalue weighted by Crippen LogP contribution is 2.35. The fourth-order valence-electron chi connectivity index (χ4n) is 4.52. The summed E-state index contributed by atoms with van der Waals surface area (Å²) in [6.45, 7) is 2.09. The number of para-hydroxylation sites is 2. The topological polar surface area (TPSA) is 104 Å². The van der Waals surface area contributed by atoms with Gasteiger partial charge >= 0.3 is 11.9 Å². The van der Waals surface area contributed by atoms with Crippen molar-refractivity contribution in [3.63, 3.8) is 0 Å². The molecule has 3 aromatic rings. The Bertz CT molecular complexity index is 1170. The number of carbonyl (C=O) groups is 2. The molecule has 1 atom stereocenters. The van der Waals surface area contributed by atoms with Crippen LogP contribution in [0, 0.1) is 0 Å². The first-order valence-corrected chi connectivity index (χ1v) is 10.7. The second-order valence-electron chi connectivity index (χ2n) is 7.92. The summed E-state index contributed by atoms with van der Waals surface area (Å²) in [5.74, 6) is -0.601. The highest BCUT2D eigenvalue weighted by atomic mass is 16.5. The van der Waals surface area contributed by atoms with Gasteiger partial charge in [-0.05, 0) is 30.3 Å². The molecule has 1 saturated heterocycles. The van der Waals surface area contributed by atoms with Gasteiger partial charge in [0.2, 0.25) is 0 Å². The number of methoxy groups -OCH3 is 2. The van der Waals surface area contributed by atoms with E-state index in [0.29, 0.717) is 48.4 Å². The van der Waals surface area contributed by atoms with E-state index < -0.39 is 18.0 Å². The number of rotatable bonds is 8. The van der Waals surface area contributed by atoms with Crippen LogP contribution in [-0.4, -0.2) is 72.0 Å². The first-order chi connectivity index (χ1) is 15.9. The lowest BCUT2D eigenvalue weighted by Gasteiger charge is -2.39. The zero-order chi connectivity index (χ0) is 23.5. The smallest absolute Gasteiger partial charge is 0.325 e. The molecule has 9 heteroatoms. The van der Waals surface area contributed by atoms with Gasteiger partial charge in [-0.25, -0.2) is 0 Å². The van der Waals surface area contributed by atoms with E-state index >= 15 is 0 Å². The SMILES string of the molecule is COc1ccc2c(c1)c([C@@H](C(=O)O)N1CCN(c3ccccc3OC)CC1)cn2CC(=O)O. The van der Waals surface area contributed by atoms with Crippen molar-refractivity contribution < 1.29 is 29.3 Å². The van der Waals surface area contributed by atoms with Crippen LogP contribution in [0.5, 0.6) is 11.5 Å². The van der Waals surface area contributed by atoms with Crippen molar-refractivity contribution >= 4 is 28.5 Å². The number of ether oxygens (including phenoxy) is 2. The Morgan fingerprint density at radius 2 is 1.73 bits per heavy atom. The molecule has 0 bridgehead atoms. The number of carboxylic acids is 2. The van der Waals surface area contributed by atoms with Gasteiger partial charge in [-0.3, -0.25) is 14.5 Å². The molecule has 174 valence electrons. The Balaban J connectivity index is 1.66. The van der Waals surface area contributed by atoms with Crippen LogP contribution in [0.1, 0.15) is 11.6 Å². The first-order valence-electron chi connectivity index (χ1n) is 10.7. The number of piperazine rings is 1. The Morgan fingerprint density at radius 3 is 2.36 bits per heavy atom. The van der Waals surface area contributed by atoms with E-state index in [1.807, 2.05) is 29.2 Å². The van der Waals surface area contributed by atoms with Gasteiger partial charge in [-0.15, -0.1) is 0 Å². The molecule has 0 radical (unpaired) electrons. The molecule has 0 aliphatic carbocycles. The summed E-state index contributed by atoms with van der Waals surface area (Å²) in [5, 5.41) is 20.2. The Hall–Kier alpha value is -3.72. The summed E-state index contributed by atoms with van der Waals surface area (Å²) in [6, 6.07) is 12.1. The third kappa shape index (κ3) is 4.45. The first kappa shape index (κ1) is 22.5. The van der Waals surface area contributed by atoms with E-state index in [9.17, 15) is 19.8 Å². The highest BCUT2D eigenvalue weighted by Gasteiger charge is 2.33. The van der Waals surface area contributed by atoms with Crippen LogP contribution >= 0.6 is 0 Å². The number of benzene rings is 2. The lowest BCUT2D eigenvalue weighted by Crippen LogP contribution is -2.49. The number of aliphatic carboxylic acids is 2. The minimum atomic E-state index is -0.994. The predicted molar refractivity (Wildman–Crippen MR) is 123 cm³/mol. The summed E-state index contributed by atoms with van der Waals surface area (Å²) in [6.07, 6.45) is 1.64. The summed E-state index contributed by atoms with van der Waals surface area (Å²) < 4.78 is 12.4. The fourth-order valence-corrected chi connectivity index (χ4v) is 4.52. The summed E-state index contributed by atoms with van der Waals surface area (Å²) >= 11 is 0. The van der Waals surface area contributed by atoms with Crippen LogP contribution in [-0.2, 0) is 16.1 Å². The molecule has 33 heavy (non-hydrogen) atoms. The van der Waals surface area contributed by atoms with E-state index in [4.69, 9.17) is 9.47 Å². The molecule has 1 aliphatic rings. The van der Waals surface area contributed by atoms with Gasteiger partial charge in [-0.1, -0.05) is 12.1 Å². The molecule has 2 aromatic carbocycles. The third-order valence-corrected chi connectivity index (χ3v) is 6.06. The van der Waals surface area contributed by atoms with E-state index in [1.165, 1.54) is 0 Å². The molecule has 0 saturated carbocycles. The standard InChI is InChI=1S/C24H27N3O6/c1-32-16-7-8-19-17(13-16)18(14-27(19)15-22(28)29)23(24(30)31)26-11-9-25(10-12-26)20-5-3-4-6-21(20)33-2/h3-8,13-14,23H,9-12,15H2,1-2H3,(H,28,29)(H,30,31)/t23-/m0/s1. The molecule has 1 fully saturated rings. The maximum Gasteiger partial charge on any atom is 0.325 e. The molecule has 9 nitrogen and oxygen atoms in total. The number of hydrogen-bond donors (Lipinski definition) is 2. The zero-order valence-electron chi connectivity index (χ0n) is 18.6. The van der Waals surface area contributed by atoms with Crippen molar-refractivity contribution in [1.29, 1.82) is 0 Å². The Labute approximate surface area is 191 Å². The van der Waals surface area contributed by atoms with Crippen LogP contribution in [0.4, 0.5) is 5.69 Å². The minimum absolute atomic E-state index is 0.253. The average Bonchev–Trinajstić information content (AvgIpc) is 3.15. The maximum absolute atomic E-state index is 12.4. The van der Waals surface area contributed by atoms with Crippen molar-refractivity contribution in [3.8, 4) is 11.5 Å². The van der Waals surface area contributed by atoms with Crippen molar-refractivity contribution in [3.05, 3.63) is 54.2 Å². The summed E-state index contributed by atoms with van der Waals surface area (Å²) in [4.78, 5) is 27.9. The fraction of sp³-hybridized carbons (Fsp3) is 0.333. The number of anilines is 1. The van der Waals surface area contributed by atoms with Crippen molar-refractivity contribution in [2.24, 2.45) is 0 Å². The second-order valence-corrected chi connectivity index (χ2v) is 7.92. The lowest BCUT2D eigenvalue weighted by atomic mass is 10.0. The van der Waals surface area contributed by atoms with Gasteiger partial charge in [0.05, 0.1) is 19.9 Å². The molecule has 0 amide bonds. The Morgan fingerprint density at radius 1 is 1.00 bits per heavy atom. The van der Waals surface area contributed by atoms with Gasteiger partial charge in [0, 0.05) is 48.8 Å². The maximum atomic E-state index is 12.4. The molecule has 4 rings (SSSR count). The zero-order valence-corrected chi connectivity index (χ0v) is 18.6. The third-order valence-electron chi connectivity index (χ3n) is 6.06. The van der Waals surface area contributed by atoms with Crippen LogP contribution in [0.25, 0.3) is 10.9 Å². The van der Waals surface area contributed by atoms with Crippen molar-refractivity contribution in [1.82, 2.24) is 9.47 Å². The molecule has 2 heterocycles. The van der Waals surface area contributed by atoms with E-state index in [0.717, 1.165) is 11.4 Å². The lowest BCUT2D eigenvalue weighted by molar-refractivity contribution is -0.143. The van der Waals surface area contributed by atoms with Crippen molar-refractivity contribution in [2.75, 3.05) is 45.3 Å². The van der Waals surface area contributed by atoms with Gasteiger partial charge in [0.25, 0.3) is 0 Å². The monoisotopic (exact) mass is 453 g/mol. The average molecular weight is 453 g/mol. The molecule has 0 unspecified atom stereocenters. The molecule has 2 N–H and O–H groups in total. The van der Waals surface area contributed by atoms with Crippen LogP contribution in [0.15, 0.2) is 48.7 Å². The summed E-state index contributed by atoms with van der Waals surface area (Å²) in [5.41, 5.74) is 2.20. The van der Waals surface area contributed by atoms with Gasteiger partial charge in [0.1, 0.15) is 24.1 Å². The molecular weight excluding hydrogens is 426 g/mol. The van der Waals surface area contributed by atoms with E-state index in [1.54, 1.807) is 43.2 Å². The minimum Gasteiger partial charge on any atom is -0.497 e. The largest absolute Gasteiger partial charge is 0.497 e. The van der Waals surface area contributed by atoms with Gasteiger partial charge in [-0.2, -0.15) is 0 Å². The van der Waals surface area contributed by atoms with Crippen LogP contribution < -0.4 is 14.4 Å². The highest BCUT2D eigenvalue weighted by molar-refractivity contribution is 5.91. The number of nitrogens with zero attached hydrogens (tertiary/aromatic N) is 3. The number of carboxylic acid groups (broad SMARTS) is 2. The van der Waals surface area contributed by atoms with Gasteiger partial charge < -0.3 is 29.2 Å². The molecule has 1 aromatic heterocycles. The number of aromatic nitrogens is 1. The van der Waals surface area contributed by atoms with Crippen LogP contribution in [0.2, 0.25) is 0 Å². The van der Waals surface area contributed by atoms with Crippen LogP contribution in [0.3, 0.4) is 0 Å². The quantitative estimate of drug-likeness (QED) is 0.537. The van der Waals surface area contributed by atoms with E-state index in [2.05, 4.69) is 4.90 Å². The molecular formula is C24H27N3O6. The molecule has 1 aliphatic heterocycles. The van der Waals surface area contributed by atoms with E-state index in [-0.39, 0.29) is 6.54 Å². The Kier molecular flexibility index (Phi) is 6.41. The normalized spacial score (nSPS) is 15.4. The number of fused-ring (bicyclic) bond motifs is 1. The summed E-state index contributed by atoms with van der Waals surface area (Å²) in [7, 11) is 3.18. The number of hydrogen-bond acceptors (Lipinski definition) is 6. The predicted octanol–water partition coefficient (Wildman–Crippen LogP) is 2.69. The molecule has 0 spiro atoms.